The molecule has 0 spiro atoms. The van der Waals surface area contributed by atoms with Gasteiger partial charge in [-0.2, -0.15) is 10.1 Å². The second kappa shape index (κ2) is 8.04. The second-order valence-corrected chi connectivity index (χ2v) is 6.03. The first-order chi connectivity index (χ1) is 11.8. The van der Waals surface area contributed by atoms with Crippen LogP contribution < -0.4 is 4.90 Å². The number of nitriles is 1. The Balaban J connectivity index is 1.53. The fraction of sp³-hybridized carbons (Fsp3) is 0.533. The summed E-state index contributed by atoms with van der Waals surface area (Å²) in [5, 5.41) is 21.0. The highest BCUT2D eigenvalue weighted by Gasteiger charge is 2.23. The van der Waals surface area contributed by atoms with Crippen molar-refractivity contribution in [3.8, 4) is 6.07 Å². The summed E-state index contributed by atoms with van der Waals surface area (Å²) in [6.45, 7) is 3.57. The summed E-state index contributed by atoms with van der Waals surface area (Å²) >= 11 is 6.03. The summed E-state index contributed by atoms with van der Waals surface area (Å²) in [6.07, 6.45) is 5.22. The van der Waals surface area contributed by atoms with Gasteiger partial charge in [0, 0.05) is 19.3 Å². The van der Waals surface area contributed by atoms with Crippen LogP contribution >= 0.6 is 11.6 Å². The minimum atomic E-state index is 0.258. The van der Waals surface area contributed by atoms with Crippen molar-refractivity contribution >= 4 is 17.3 Å². The molecule has 1 aliphatic rings. The van der Waals surface area contributed by atoms with E-state index in [0.717, 1.165) is 31.6 Å². The molecule has 0 aromatic carbocycles. The molecule has 126 valence electrons. The van der Waals surface area contributed by atoms with Gasteiger partial charge in [-0.15, -0.1) is 10.2 Å². The third-order valence-electron chi connectivity index (χ3n) is 4.03. The molecule has 0 bridgehead atoms. The van der Waals surface area contributed by atoms with Gasteiger partial charge in [0.05, 0.1) is 25.4 Å². The highest BCUT2D eigenvalue weighted by Crippen LogP contribution is 2.29. The molecule has 0 saturated carbocycles. The summed E-state index contributed by atoms with van der Waals surface area (Å²) in [7, 11) is 0. The average molecular weight is 348 g/mol. The molecule has 2 aromatic rings. The van der Waals surface area contributed by atoms with Crippen LogP contribution in [0.4, 0.5) is 5.69 Å². The fourth-order valence-corrected chi connectivity index (χ4v) is 3.10. The van der Waals surface area contributed by atoms with Crippen molar-refractivity contribution in [1.82, 2.24) is 25.2 Å². The van der Waals surface area contributed by atoms with Crippen LogP contribution in [0.2, 0.25) is 5.15 Å². The normalized spacial score (nSPS) is 17.7. The lowest BCUT2D eigenvalue weighted by atomic mass is 9.98. The van der Waals surface area contributed by atoms with E-state index in [-0.39, 0.29) is 5.15 Å². The van der Waals surface area contributed by atoms with E-state index in [9.17, 15) is 5.26 Å². The Hall–Kier alpha value is -2.24. The highest BCUT2D eigenvalue weighted by atomic mass is 35.5. The topological polar surface area (TPSA) is 92.8 Å². The van der Waals surface area contributed by atoms with Gasteiger partial charge in [-0.25, -0.2) is 4.98 Å². The number of pyridine rings is 1. The van der Waals surface area contributed by atoms with Gasteiger partial charge in [0.15, 0.2) is 6.33 Å². The Labute approximate surface area is 145 Å². The molecular weight excluding hydrogens is 330 g/mol. The molecule has 1 saturated heterocycles. The molecular formula is C15H18ClN7O. The third-order valence-corrected chi connectivity index (χ3v) is 4.32. The minimum absolute atomic E-state index is 0.258. The number of aromatic nitrogens is 5. The Morgan fingerprint density at radius 2 is 2.38 bits per heavy atom. The van der Waals surface area contributed by atoms with E-state index >= 15 is 0 Å². The quantitative estimate of drug-likeness (QED) is 0.577. The molecule has 0 radical (unpaired) electrons. The van der Waals surface area contributed by atoms with Gasteiger partial charge in [-0.3, -0.25) is 0 Å². The monoisotopic (exact) mass is 347 g/mol. The first-order valence-corrected chi connectivity index (χ1v) is 8.24. The van der Waals surface area contributed by atoms with Crippen LogP contribution in [-0.2, 0) is 11.3 Å². The molecule has 0 unspecified atom stereocenters. The van der Waals surface area contributed by atoms with Crippen molar-refractivity contribution in [2.45, 2.75) is 19.4 Å². The maximum absolute atomic E-state index is 9.31. The van der Waals surface area contributed by atoms with Crippen molar-refractivity contribution < 1.29 is 4.74 Å². The van der Waals surface area contributed by atoms with Gasteiger partial charge in [-0.1, -0.05) is 11.6 Å². The number of anilines is 1. The van der Waals surface area contributed by atoms with E-state index in [1.54, 1.807) is 6.20 Å². The predicted molar refractivity (Wildman–Crippen MR) is 87.5 cm³/mol. The Morgan fingerprint density at radius 3 is 3.17 bits per heavy atom. The van der Waals surface area contributed by atoms with Crippen molar-refractivity contribution in [2.75, 3.05) is 31.2 Å². The van der Waals surface area contributed by atoms with Gasteiger partial charge in [0.1, 0.15) is 16.8 Å². The second-order valence-electron chi connectivity index (χ2n) is 5.67. The zero-order valence-electron chi connectivity index (χ0n) is 13.2. The Bertz CT molecular complexity index is 700. The standard InChI is InChI=1S/C15H18ClN7O/c16-15-13(8-17)14(3-4-18-15)22-5-1-2-12(9-22)10-24-7-6-23-20-11-19-21-23/h3-4,11-12H,1-2,5-7,9-10H2/t12-/m0/s1. The molecule has 0 aliphatic carbocycles. The number of ether oxygens (including phenoxy) is 1. The largest absolute Gasteiger partial charge is 0.379 e. The molecule has 2 aromatic heterocycles. The zero-order valence-corrected chi connectivity index (χ0v) is 13.9. The average Bonchev–Trinajstić information content (AvgIpc) is 3.12. The van der Waals surface area contributed by atoms with Gasteiger partial charge in [0.25, 0.3) is 0 Å². The molecule has 9 heteroatoms. The van der Waals surface area contributed by atoms with Crippen molar-refractivity contribution in [1.29, 1.82) is 5.26 Å². The first kappa shape index (κ1) is 16.6. The number of halogens is 1. The highest BCUT2D eigenvalue weighted by molar-refractivity contribution is 6.30. The predicted octanol–water partition coefficient (Wildman–Crippen LogP) is 1.53. The number of nitrogens with zero attached hydrogens (tertiary/aromatic N) is 7. The molecule has 0 N–H and O–H groups in total. The number of hydrogen-bond acceptors (Lipinski definition) is 7. The molecule has 1 fully saturated rings. The smallest absolute Gasteiger partial charge is 0.162 e. The van der Waals surface area contributed by atoms with Crippen LogP contribution in [0.25, 0.3) is 0 Å². The van der Waals surface area contributed by atoms with E-state index < -0.39 is 0 Å². The Morgan fingerprint density at radius 1 is 1.46 bits per heavy atom. The third kappa shape index (κ3) is 3.99. The van der Waals surface area contributed by atoms with Gasteiger partial charge >= 0.3 is 0 Å². The van der Waals surface area contributed by atoms with E-state index in [1.165, 1.54) is 11.1 Å². The molecule has 8 nitrogen and oxygen atoms in total. The number of hydrogen-bond donors (Lipinski definition) is 0. The van der Waals surface area contributed by atoms with Crippen molar-refractivity contribution in [2.24, 2.45) is 5.92 Å². The molecule has 0 amide bonds. The summed E-state index contributed by atoms with van der Waals surface area (Å²) in [6, 6.07) is 4.01. The molecule has 1 atom stereocenters. The van der Waals surface area contributed by atoms with Crippen LogP contribution in [0.15, 0.2) is 18.6 Å². The SMILES string of the molecule is N#Cc1c(N2CCC[C@H](COCCn3ncnn3)C2)ccnc1Cl. The number of piperidine rings is 1. The van der Waals surface area contributed by atoms with Gasteiger partial charge in [-0.05, 0) is 30.0 Å². The summed E-state index contributed by atoms with van der Waals surface area (Å²) < 4.78 is 5.75. The number of rotatable bonds is 6. The maximum Gasteiger partial charge on any atom is 0.162 e. The lowest BCUT2D eigenvalue weighted by Gasteiger charge is -2.34. The van der Waals surface area contributed by atoms with E-state index in [1.807, 2.05) is 6.07 Å². The minimum Gasteiger partial charge on any atom is -0.379 e. The van der Waals surface area contributed by atoms with Crippen LogP contribution in [0.5, 0.6) is 0 Å². The molecule has 1 aliphatic heterocycles. The first-order valence-electron chi connectivity index (χ1n) is 7.86. The van der Waals surface area contributed by atoms with Crippen molar-refractivity contribution in [3.63, 3.8) is 0 Å². The summed E-state index contributed by atoms with van der Waals surface area (Å²) in [5.41, 5.74) is 1.30. The van der Waals surface area contributed by atoms with E-state index in [2.05, 4.69) is 31.4 Å². The van der Waals surface area contributed by atoms with Crippen LogP contribution in [0, 0.1) is 17.2 Å². The van der Waals surface area contributed by atoms with Crippen LogP contribution in [-0.4, -0.2) is 51.5 Å². The van der Waals surface area contributed by atoms with Gasteiger partial charge in [0.2, 0.25) is 0 Å². The lowest BCUT2D eigenvalue weighted by Crippen LogP contribution is -2.37. The lowest BCUT2D eigenvalue weighted by molar-refractivity contribution is 0.0834. The summed E-state index contributed by atoms with van der Waals surface area (Å²) in [5.74, 6) is 0.418. The van der Waals surface area contributed by atoms with Gasteiger partial charge < -0.3 is 9.64 Å². The molecule has 3 heterocycles. The van der Waals surface area contributed by atoms with Crippen LogP contribution in [0.3, 0.4) is 0 Å². The molecule has 3 rings (SSSR count). The maximum atomic E-state index is 9.31. The van der Waals surface area contributed by atoms with E-state index in [0.29, 0.717) is 31.2 Å². The van der Waals surface area contributed by atoms with Crippen molar-refractivity contribution in [3.05, 3.63) is 29.3 Å². The fourth-order valence-electron chi connectivity index (χ4n) is 2.90. The van der Waals surface area contributed by atoms with Crippen LogP contribution in [0.1, 0.15) is 18.4 Å². The number of tetrazole rings is 1. The Kier molecular flexibility index (Phi) is 5.56. The van der Waals surface area contributed by atoms with E-state index in [4.69, 9.17) is 16.3 Å². The molecule has 24 heavy (non-hydrogen) atoms. The zero-order chi connectivity index (χ0) is 16.8. The summed E-state index contributed by atoms with van der Waals surface area (Å²) in [4.78, 5) is 7.68.